The third-order valence-electron chi connectivity index (χ3n) is 2.15. The van der Waals surface area contributed by atoms with Gasteiger partial charge >= 0.3 is 0 Å². The van der Waals surface area contributed by atoms with E-state index in [1.54, 1.807) is 11.8 Å². The van der Waals surface area contributed by atoms with Crippen LogP contribution >= 0.6 is 27.7 Å². The van der Waals surface area contributed by atoms with Gasteiger partial charge in [0.1, 0.15) is 0 Å². The predicted octanol–water partition coefficient (Wildman–Crippen LogP) is 2.90. The van der Waals surface area contributed by atoms with Crippen LogP contribution < -0.4 is 5.32 Å². The van der Waals surface area contributed by atoms with Crippen LogP contribution in [0.3, 0.4) is 0 Å². The molecule has 0 bridgehead atoms. The van der Waals surface area contributed by atoms with E-state index in [2.05, 4.69) is 40.3 Å². The molecule has 0 amide bonds. The van der Waals surface area contributed by atoms with Crippen molar-refractivity contribution in [2.45, 2.75) is 24.3 Å². The molecule has 1 rings (SSSR count). The Bertz CT molecular complexity index is 309. The van der Waals surface area contributed by atoms with Gasteiger partial charge in [-0.1, -0.05) is 28.9 Å². The van der Waals surface area contributed by atoms with Crippen LogP contribution in [0.4, 0.5) is 0 Å². The van der Waals surface area contributed by atoms with Crippen molar-refractivity contribution >= 4 is 27.7 Å². The summed E-state index contributed by atoms with van der Waals surface area (Å²) < 4.78 is 1.10. The molecule has 1 aromatic rings. The second kappa shape index (κ2) is 8.12. The zero-order chi connectivity index (χ0) is 11.8. The van der Waals surface area contributed by atoms with E-state index in [9.17, 15) is 5.11 Å². The van der Waals surface area contributed by atoms with Crippen LogP contribution in [0.5, 0.6) is 0 Å². The van der Waals surface area contributed by atoms with Gasteiger partial charge < -0.3 is 10.4 Å². The van der Waals surface area contributed by atoms with Crippen LogP contribution in [0, 0.1) is 0 Å². The largest absolute Gasteiger partial charge is 0.395 e. The molecule has 0 radical (unpaired) electrons. The normalized spacial score (nSPS) is 12.7. The zero-order valence-corrected chi connectivity index (χ0v) is 11.9. The Morgan fingerprint density at radius 1 is 1.50 bits per heavy atom. The summed E-state index contributed by atoms with van der Waals surface area (Å²) in [5.41, 5.74) is 0. The lowest BCUT2D eigenvalue weighted by Crippen LogP contribution is -2.35. The Morgan fingerprint density at radius 3 is 2.94 bits per heavy atom. The highest BCUT2D eigenvalue weighted by Gasteiger charge is 2.06. The fourth-order valence-corrected chi connectivity index (χ4v) is 2.83. The molecule has 0 fully saturated rings. The number of rotatable bonds is 7. The van der Waals surface area contributed by atoms with Crippen LogP contribution in [-0.2, 0) is 0 Å². The molecule has 0 aliphatic carbocycles. The third kappa shape index (κ3) is 5.34. The fraction of sp³-hybridized carbons (Fsp3) is 0.500. The highest BCUT2D eigenvalue weighted by atomic mass is 79.9. The minimum absolute atomic E-state index is 0.184. The number of aliphatic hydroxyl groups excluding tert-OH is 1. The molecule has 1 aromatic carbocycles. The predicted molar refractivity (Wildman–Crippen MR) is 74.0 cm³/mol. The van der Waals surface area contributed by atoms with E-state index < -0.39 is 0 Å². The molecular formula is C12H18BrNOS. The van der Waals surface area contributed by atoms with Gasteiger partial charge in [0.2, 0.25) is 0 Å². The van der Waals surface area contributed by atoms with Gasteiger partial charge in [-0.25, -0.2) is 0 Å². The first kappa shape index (κ1) is 14.0. The molecule has 0 aliphatic rings. The van der Waals surface area contributed by atoms with E-state index in [4.69, 9.17) is 0 Å². The topological polar surface area (TPSA) is 32.3 Å². The van der Waals surface area contributed by atoms with E-state index in [1.807, 2.05) is 12.1 Å². The molecule has 1 atom stereocenters. The van der Waals surface area contributed by atoms with Gasteiger partial charge in [0, 0.05) is 21.2 Å². The van der Waals surface area contributed by atoms with E-state index in [0.717, 1.165) is 23.2 Å². The lowest BCUT2D eigenvalue weighted by atomic mass is 10.3. The van der Waals surface area contributed by atoms with Crippen molar-refractivity contribution in [2.75, 3.05) is 18.9 Å². The summed E-state index contributed by atoms with van der Waals surface area (Å²) in [4.78, 5) is 1.23. The molecule has 0 heterocycles. The molecule has 16 heavy (non-hydrogen) atoms. The first-order valence-corrected chi connectivity index (χ1v) is 7.26. The van der Waals surface area contributed by atoms with Crippen LogP contribution in [-0.4, -0.2) is 30.1 Å². The number of thioether (sulfide) groups is 1. The van der Waals surface area contributed by atoms with E-state index >= 15 is 0 Å². The Kier molecular flexibility index (Phi) is 7.12. The van der Waals surface area contributed by atoms with Gasteiger partial charge in [0.15, 0.2) is 0 Å². The number of nitrogens with one attached hydrogen (secondary N) is 1. The number of benzene rings is 1. The average molecular weight is 304 g/mol. The monoisotopic (exact) mass is 303 g/mol. The zero-order valence-electron chi connectivity index (χ0n) is 9.45. The van der Waals surface area contributed by atoms with Crippen LogP contribution in [0.1, 0.15) is 13.3 Å². The molecule has 0 spiro atoms. The lowest BCUT2D eigenvalue weighted by Gasteiger charge is -2.15. The lowest BCUT2D eigenvalue weighted by molar-refractivity contribution is 0.254. The van der Waals surface area contributed by atoms with Crippen molar-refractivity contribution < 1.29 is 5.11 Å². The van der Waals surface area contributed by atoms with E-state index in [0.29, 0.717) is 0 Å². The maximum Gasteiger partial charge on any atom is 0.0592 e. The molecular weight excluding hydrogens is 286 g/mol. The van der Waals surface area contributed by atoms with Gasteiger partial charge in [0.05, 0.1) is 6.61 Å². The first-order valence-electron chi connectivity index (χ1n) is 5.49. The van der Waals surface area contributed by atoms with Gasteiger partial charge in [0.25, 0.3) is 0 Å². The summed E-state index contributed by atoms with van der Waals surface area (Å²) in [6, 6.07) is 8.41. The standard InChI is InChI=1S/C12H18BrNOS/c1-2-6-14-11(8-15)9-16-12-5-3-4-10(13)7-12/h3-5,7,11,14-15H,2,6,8-9H2,1H3. The van der Waals surface area contributed by atoms with Gasteiger partial charge in [-0.15, -0.1) is 11.8 Å². The molecule has 0 aliphatic heterocycles. The van der Waals surface area contributed by atoms with E-state index in [1.165, 1.54) is 4.90 Å². The van der Waals surface area contributed by atoms with Crippen molar-refractivity contribution in [2.24, 2.45) is 0 Å². The average Bonchev–Trinajstić information content (AvgIpc) is 2.29. The van der Waals surface area contributed by atoms with E-state index in [-0.39, 0.29) is 12.6 Å². The number of halogens is 1. The quantitative estimate of drug-likeness (QED) is 0.760. The summed E-state index contributed by atoms with van der Waals surface area (Å²) in [6.07, 6.45) is 1.10. The maximum absolute atomic E-state index is 9.20. The summed E-state index contributed by atoms with van der Waals surface area (Å²) >= 11 is 5.22. The van der Waals surface area contributed by atoms with Gasteiger partial charge in [-0.05, 0) is 31.2 Å². The van der Waals surface area contributed by atoms with Crippen molar-refractivity contribution in [3.8, 4) is 0 Å². The van der Waals surface area contributed by atoms with Crippen molar-refractivity contribution in [1.29, 1.82) is 0 Å². The van der Waals surface area contributed by atoms with Crippen molar-refractivity contribution in [3.05, 3.63) is 28.7 Å². The number of hydrogen-bond donors (Lipinski definition) is 2. The summed E-state index contributed by atoms with van der Waals surface area (Å²) in [7, 11) is 0. The Hall–Kier alpha value is -0.0300. The molecule has 4 heteroatoms. The minimum atomic E-state index is 0.184. The highest BCUT2D eigenvalue weighted by molar-refractivity contribution is 9.10. The van der Waals surface area contributed by atoms with Gasteiger partial charge in [-0.2, -0.15) is 0 Å². The Morgan fingerprint density at radius 2 is 2.31 bits per heavy atom. The molecule has 2 nitrogen and oxygen atoms in total. The second-order valence-electron chi connectivity index (χ2n) is 3.60. The van der Waals surface area contributed by atoms with Crippen molar-refractivity contribution in [3.63, 3.8) is 0 Å². The number of aliphatic hydroxyl groups is 1. The van der Waals surface area contributed by atoms with Crippen LogP contribution in [0.2, 0.25) is 0 Å². The van der Waals surface area contributed by atoms with Crippen molar-refractivity contribution in [1.82, 2.24) is 5.32 Å². The van der Waals surface area contributed by atoms with Gasteiger partial charge in [-0.3, -0.25) is 0 Å². The maximum atomic E-state index is 9.20. The van der Waals surface area contributed by atoms with Crippen LogP contribution in [0.25, 0.3) is 0 Å². The smallest absolute Gasteiger partial charge is 0.0592 e. The molecule has 0 saturated heterocycles. The number of hydrogen-bond acceptors (Lipinski definition) is 3. The SMILES string of the molecule is CCCNC(CO)CSc1cccc(Br)c1. The highest BCUT2D eigenvalue weighted by Crippen LogP contribution is 2.22. The molecule has 0 saturated carbocycles. The summed E-state index contributed by atoms with van der Waals surface area (Å²) in [5.74, 6) is 0.896. The summed E-state index contributed by atoms with van der Waals surface area (Å²) in [6.45, 7) is 3.29. The molecule has 0 aromatic heterocycles. The Balaban J connectivity index is 2.37. The van der Waals surface area contributed by atoms with Crippen LogP contribution in [0.15, 0.2) is 33.6 Å². The second-order valence-corrected chi connectivity index (χ2v) is 5.61. The molecule has 1 unspecified atom stereocenters. The summed E-state index contributed by atoms with van der Waals surface area (Å²) in [5, 5.41) is 12.5. The third-order valence-corrected chi connectivity index (χ3v) is 3.80. The Labute approximate surface area is 110 Å². The minimum Gasteiger partial charge on any atom is -0.395 e. The first-order chi connectivity index (χ1) is 7.76. The fourth-order valence-electron chi connectivity index (χ4n) is 1.28. The molecule has 90 valence electrons. The molecule has 2 N–H and O–H groups in total.